The van der Waals surface area contributed by atoms with Gasteiger partial charge in [-0.2, -0.15) is 0 Å². The number of allylic oxidation sites excluding steroid dienone is 4. The number of nitrogens with zero attached hydrogens (tertiary/aromatic N) is 2. The van der Waals surface area contributed by atoms with Gasteiger partial charge in [0.25, 0.3) is 0 Å². The van der Waals surface area contributed by atoms with Crippen molar-refractivity contribution in [2.75, 3.05) is 11.9 Å². The van der Waals surface area contributed by atoms with Crippen molar-refractivity contribution in [1.29, 1.82) is 0 Å². The number of nitrogens with one attached hydrogen (secondary N) is 2. The second-order valence-corrected chi connectivity index (χ2v) is 9.06. The number of aromatic nitrogens is 2. The molecule has 0 unspecified atom stereocenters. The maximum absolute atomic E-state index is 12.0. The van der Waals surface area contributed by atoms with Gasteiger partial charge in [-0.3, -0.25) is 4.98 Å². The number of carbonyl (C=O) groups excluding carboxylic acids is 1. The van der Waals surface area contributed by atoms with Gasteiger partial charge in [0.2, 0.25) is 0 Å². The number of anilines is 1. The van der Waals surface area contributed by atoms with Crippen LogP contribution in [0.1, 0.15) is 41.5 Å². The van der Waals surface area contributed by atoms with Gasteiger partial charge in [-0.25, -0.2) is 4.79 Å². The van der Waals surface area contributed by atoms with E-state index in [4.69, 9.17) is 27.9 Å². The van der Waals surface area contributed by atoms with Crippen LogP contribution in [0.15, 0.2) is 71.0 Å². The lowest BCUT2D eigenvalue weighted by molar-refractivity contribution is 0.0526. The summed E-state index contributed by atoms with van der Waals surface area (Å²) in [6.45, 7) is 12.5. The Bertz CT molecular complexity index is 1240. The summed E-state index contributed by atoms with van der Waals surface area (Å²) in [5.41, 5.74) is 5.39. The molecule has 6 nitrogen and oxygen atoms in total. The number of ether oxygens (including phenoxy) is 1. The zero-order valence-electron chi connectivity index (χ0n) is 21.2. The van der Waals surface area contributed by atoms with E-state index in [9.17, 15) is 4.79 Å². The van der Waals surface area contributed by atoms with Gasteiger partial charge >= 0.3 is 6.09 Å². The number of alkyl carbamates (subject to hydrolysis) is 1. The Morgan fingerprint density at radius 1 is 1.20 bits per heavy atom. The smallest absolute Gasteiger partial charge is 0.407 e. The Labute approximate surface area is 217 Å². The van der Waals surface area contributed by atoms with E-state index in [1.165, 1.54) is 5.54 Å². The first kappa shape index (κ1) is 28.3. The molecule has 0 saturated heterocycles. The van der Waals surface area contributed by atoms with Gasteiger partial charge in [0.05, 0.1) is 21.6 Å². The summed E-state index contributed by atoms with van der Waals surface area (Å²) >= 11 is 11.8. The third kappa shape index (κ3) is 8.05. The average Bonchev–Trinajstić information content (AvgIpc) is 3.12. The van der Waals surface area contributed by atoms with Crippen molar-refractivity contribution >= 4 is 56.9 Å². The number of benzene rings is 1. The van der Waals surface area contributed by atoms with E-state index in [1.807, 2.05) is 78.0 Å². The molecule has 0 fully saturated rings. The SMILES string of the molecule is CC.C\C=C/C(=C\C(Cl)=C\Cl)Nc1ccc2c(c1)c1ncccc1n2CCNC(=O)OC(C)(C)C. The Hall–Kier alpha value is -2.96. The zero-order valence-corrected chi connectivity index (χ0v) is 22.7. The molecule has 0 bridgehead atoms. The highest BCUT2D eigenvalue weighted by molar-refractivity contribution is 6.37. The lowest BCUT2D eigenvalue weighted by Gasteiger charge is -2.19. The first-order valence-electron chi connectivity index (χ1n) is 11.6. The summed E-state index contributed by atoms with van der Waals surface area (Å²) in [6, 6.07) is 10.0. The first-order valence-corrected chi connectivity index (χ1v) is 12.4. The number of hydrogen-bond acceptors (Lipinski definition) is 4. The van der Waals surface area contributed by atoms with Crippen LogP contribution in [0.3, 0.4) is 0 Å². The maximum Gasteiger partial charge on any atom is 0.407 e. The Balaban J connectivity index is 0.00000210. The monoisotopic (exact) mass is 516 g/mol. The number of carbonyl (C=O) groups is 1. The minimum Gasteiger partial charge on any atom is -0.444 e. The summed E-state index contributed by atoms with van der Waals surface area (Å²) in [5, 5.41) is 7.63. The van der Waals surface area contributed by atoms with Crippen LogP contribution in [0.4, 0.5) is 10.5 Å². The highest BCUT2D eigenvalue weighted by atomic mass is 35.5. The van der Waals surface area contributed by atoms with E-state index in [2.05, 4.69) is 26.3 Å². The molecule has 1 aromatic carbocycles. The van der Waals surface area contributed by atoms with E-state index in [0.717, 1.165) is 33.3 Å². The third-order valence-corrected chi connectivity index (χ3v) is 5.22. The molecule has 0 aliphatic heterocycles. The van der Waals surface area contributed by atoms with Crippen LogP contribution in [-0.4, -0.2) is 27.8 Å². The topological polar surface area (TPSA) is 68.2 Å². The third-order valence-electron chi connectivity index (χ3n) is 4.66. The van der Waals surface area contributed by atoms with Crippen molar-refractivity contribution in [1.82, 2.24) is 14.9 Å². The molecule has 0 spiro atoms. The van der Waals surface area contributed by atoms with Gasteiger partial charge in [-0.1, -0.05) is 43.1 Å². The minimum absolute atomic E-state index is 0.425. The van der Waals surface area contributed by atoms with Crippen molar-refractivity contribution in [3.05, 3.63) is 71.0 Å². The van der Waals surface area contributed by atoms with Crippen LogP contribution in [-0.2, 0) is 11.3 Å². The van der Waals surface area contributed by atoms with E-state index >= 15 is 0 Å². The summed E-state index contributed by atoms with van der Waals surface area (Å²) < 4.78 is 7.48. The molecule has 8 heteroatoms. The summed E-state index contributed by atoms with van der Waals surface area (Å²) in [4.78, 5) is 16.6. The molecule has 0 aliphatic rings. The fraction of sp³-hybridized carbons (Fsp3) is 0.333. The molecule has 0 atom stereocenters. The van der Waals surface area contributed by atoms with Gasteiger partial charge in [-0.05, 0) is 70.2 Å². The predicted octanol–water partition coefficient (Wildman–Crippen LogP) is 7.93. The number of rotatable bonds is 7. The van der Waals surface area contributed by atoms with Crippen molar-refractivity contribution < 1.29 is 9.53 Å². The fourth-order valence-electron chi connectivity index (χ4n) is 3.47. The maximum atomic E-state index is 12.0. The molecule has 3 rings (SSSR count). The molecule has 2 aromatic heterocycles. The summed E-state index contributed by atoms with van der Waals surface area (Å²) in [6.07, 6.45) is 6.93. The largest absolute Gasteiger partial charge is 0.444 e. The Morgan fingerprint density at radius 2 is 1.94 bits per heavy atom. The van der Waals surface area contributed by atoms with Crippen LogP contribution in [0.25, 0.3) is 21.9 Å². The minimum atomic E-state index is -0.533. The van der Waals surface area contributed by atoms with Gasteiger partial charge in [0.15, 0.2) is 0 Å². The van der Waals surface area contributed by atoms with Crippen LogP contribution in [0, 0.1) is 0 Å². The molecule has 0 radical (unpaired) electrons. The second-order valence-electron chi connectivity index (χ2n) is 8.40. The van der Waals surface area contributed by atoms with Crippen molar-refractivity contribution in [2.24, 2.45) is 0 Å². The van der Waals surface area contributed by atoms with Crippen LogP contribution in [0.5, 0.6) is 0 Å². The van der Waals surface area contributed by atoms with E-state index in [1.54, 1.807) is 12.3 Å². The number of halogens is 2. The normalized spacial score (nSPS) is 12.6. The number of hydrogen-bond donors (Lipinski definition) is 2. The van der Waals surface area contributed by atoms with E-state index in [-0.39, 0.29) is 0 Å². The molecule has 188 valence electrons. The molecule has 0 saturated carbocycles. The first-order chi connectivity index (χ1) is 16.7. The molecule has 35 heavy (non-hydrogen) atoms. The average molecular weight is 518 g/mol. The fourth-order valence-corrected chi connectivity index (χ4v) is 3.65. The zero-order chi connectivity index (χ0) is 26.0. The molecular formula is C27H34Cl2N4O2. The molecule has 1 amide bonds. The molecule has 0 aliphatic carbocycles. The van der Waals surface area contributed by atoms with E-state index in [0.29, 0.717) is 18.1 Å². The lowest BCUT2D eigenvalue weighted by atomic mass is 10.2. The quantitative estimate of drug-likeness (QED) is 0.312. The van der Waals surface area contributed by atoms with Gasteiger partial charge in [0.1, 0.15) is 5.60 Å². The predicted molar refractivity (Wildman–Crippen MR) is 149 cm³/mol. The standard InChI is InChI=1S/C25H28Cl2N4O2.C2H6/c1-5-7-18(14-17(27)16-26)30-19-9-10-21-20(15-19)23-22(8-6-11-28-23)31(21)13-12-29-24(32)33-25(2,3)4;1-2/h5-11,14-16,30H,12-13H2,1-4H3,(H,29,32);1-2H3/b7-5-,17-16-,18-14+;. The molecule has 2 heterocycles. The highest BCUT2D eigenvalue weighted by Gasteiger charge is 2.16. The Morgan fingerprint density at radius 3 is 2.60 bits per heavy atom. The van der Waals surface area contributed by atoms with Gasteiger partial charge < -0.3 is 19.9 Å². The lowest BCUT2D eigenvalue weighted by Crippen LogP contribution is -2.34. The Kier molecular flexibility index (Phi) is 10.7. The number of fused-ring (bicyclic) bond motifs is 3. The van der Waals surface area contributed by atoms with Crippen molar-refractivity contribution in [3.63, 3.8) is 0 Å². The highest BCUT2D eigenvalue weighted by Crippen LogP contribution is 2.30. The molecular weight excluding hydrogens is 483 g/mol. The second kappa shape index (κ2) is 13.2. The number of pyridine rings is 1. The van der Waals surface area contributed by atoms with Crippen LogP contribution < -0.4 is 10.6 Å². The summed E-state index contributed by atoms with van der Waals surface area (Å²) in [5.74, 6) is 0. The molecule has 2 N–H and O–H groups in total. The van der Waals surface area contributed by atoms with Crippen LogP contribution in [0.2, 0.25) is 0 Å². The molecule has 3 aromatic rings. The van der Waals surface area contributed by atoms with Crippen molar-refractivity contribution in [3.8, 4) is 0 Å². The summed E-state index contributed by atoms with van der Waals surface area (Å²) in [7, 11) is 0. The van der Waals surface area contributed by atoms with Crippen LogP contribution >= 0.6 is 23.2 Å². The van der Waals surface area contributed by atoms with Crippen molar-refractivity contribution in [2.45, 2.75) is 53.7 Å². The van der Waals surface area contributed by atoms with Gasteiger partial charge in [-0.15, -0.1) is 0 Å². The van der Waals surface area contributed by atoms with E-state index < -0.39 is 11.7 Å². The number of amides is 1. The van der Waals surface area contributed by atoms with Gasteiger partial charge in [0, 0.05) is 41.6 Å².